The van der Waals surface area contributed by atoms with Gasteiger partial charge in [-0.3, -0.25) is 4.79 Å². The van der Waals surface area contributed by atoms with Gasteiger partial charge < -0.3 is 9.32 Å². The lowest BCUT2D eigenvalue weighted by Crippen LogP contribution is -2.27. The van der Waals surface area contributed by atoms with Gasteiger partial charge in [-0.15, -0.1) is 5.10 Å². The molecule has 0 radical (unpaired) electrons. The molecule has 0 saturated carbocycles. The number of amides is 1. The van der Waals surface area contributed by atoms with Gasteiger partial charge in [0.05, 0.1) is 6.26 Å². The minimum atomic E-state index is 0.129. The van der Waals surface area contributed by atoms with E-state index in [-0.39, 0.29) is 5.91 Å². The van der Waals surface area contributed by atoms with Crippen molar-refractivity contribution in [1.82, 2.24) is 25.1 Å². The number of furan rings is 1. The van der Waals surface area contributed by atoms with E-state index in [1.807, 2.05) is 41.3 Å². The summed E-state index contributed by atoms with van der Waals surface area (Å²) in [6, 6.07) is 11.5. The molecule has 1 fully saturated rings. The Kier molecular flexibility index (Phi) is 5.01. The highest BCUT2D eigenvalue weighted by molar-refractivity contribution is 7.98. The Morgan fingerprint density at radius 1 is 1.15 bits per heavy atom. The second kappa shape index (κ2) is 7.74. The average Bonchev–Trinajstić information content (AvgIpc) is 3.43. The molecule has 1 amide bonds. The van der Waals surface area contributed by atoms with Crippen LogP contribution in [-0.2, 0) is 12.3 Å². The second-order valence-electron chi connectivity index (χ2n) is 6.18. The van der Waals surface area contributed by atoms with Crippen molar-refractivity contribution >= 4 is 17.7 Å². The van der Waals surface area contributed by atoms with E-state index in [9.17, 15) is 4.79 Å². The smallest absolute Gasteiger partial charge is 0.253 e. The quantitative estimate of drug-likeness (QED) is 0.622. The lowest BCUT2D eigenvalue weighted by Gasteiger charge is -2.15. The SMILES string of the molecule is O=C(c1ccc(CSc2nnnn2Cc2ccco2)cc1)N1CCCC1. The Morgan fingerprint density at radius 3 is 2.69 bits per heavy atom. The van der Waals surface area contributed by atoms with Gasteiger partial charge in [0.1, 0.15) is 12.3 Å². The molecule has 3 aromatic rings. The summed E-state index contributed by atoms with van der Waals surface area (Å²) >= 11 is 1.56. The topological polar surface area (TPSA) is 77.0 Å². The molecule has 3 heterocycles. The van der Waals surface area contributed by atoms with Gasteiger partial charge in [0.15, 0.2) is 0 Å². The highest BCUT2D eigenvalue weighted by Gasteiger charge is 2.19. The van der Waals surface area contributed by atoms with Gasteiger partial charge in [-0.1, -0.05) is 23.9 Å². The fourth-order valence-corrected chi connectivity index (χ4v) is 3.78. The Balaban J connectivity index is 1.36. The second-order valence-corrected chi connectivity index (χ2v) is 7.13. The van der Waals surface area contributed by atoms with Gasteiger partial charge in [0.25, 0.3) is 5.91 Å². The van der Waals surface area contributed by atoms with Crippen LogP contribution in [0.1, 0.15) is 34.5 Å². The molecule has 8 heteroatoms. The molecule has 1 aliphatic rings. The van der Waals surface area contributed by atoms with Crippen LogP contribution in [0.15, 0.2) is 52.2 Å². The number of rotatable bonds is 6. The molecule has 7 nitrogen and oxygen atoms in total. The van der Waals surface area contributed by atoms with Gasteiger partial charge in [0, 0.05) is 24.4 Å². The number of nitrogens with zero attached hydrogens (tertiary/aromatic N) is 5. The van der Waals surface area contributed by atoms with E-state index in [1.165, 1.54) is 0 Å². The highest BCUT2D eigenvalue weighted by atomic mass is 32.2. The maximum Gasteiger partial charge on any atom is 0.253 e. The number of carbonyl (C=O) groups excluding carboxylic acids is 1. The zero-order valence-corrected chi connectivity index (χ0v) is 15.1. The Bertz CT molecular complexity index is 854. The number of thioether (sulfide) groups is 1. The van der Waals surface area contributed by atoms with Crippen molar-refractivity contribution < 1.29 is 9.21 Å². The third-order valence-corrected chi connectivity index (χ3v) is 5.38. The van der Waals surface area contributed by atoms with Crippen LogP contribution in [0.25, 0.3) is 0 Å². The number of hydrogen-bond donors (Lipinski definition) is 0. The molecule has 0 atom stereocenters. The van der Waals surface area contributed by atoms with E-state index in [2.05, 4.69) is 15.5 Å². The zero-order chi connectivity index (χ0) is 17.8. The minimum Gasteiger partial charge on any atom is -0.467 e. The summed E-state index contributed by atoms with van der Waals surface area (Å²) in [5.74, 6) is 1.67. The molecule has 4 rings (SSSR count). The Hall–Kier alpha value is -2.61. The molecule has 0 spiro atoms. The van der Waals surface area contributed by atoms with Crippen LogP contribution in [0, 0.1) is 0 Å². The number of aromatic nitrogens is 4. The third-order valence-electron chi connectivity index (χ3n) is 4.35. The standard InChI is InChI=1S/C18H19N5O2S/c24-17(22-9-1-2-10-22)15-7-5-14(6-8-15)13-26-18-19-20-21-23(18)12-16-4-3-11-25-16/h3-8,11H,1-2,9-10,12-13H2. The van der Waals surface area contributed by atoms with E-state index < -0.39 is 0 Å². The zero-order valence-electron chi connectivity index (χ0n) is 14.2. The minimum absolute atomic E-state index is 0.129. The molecule has 1 aliphatic heterocycles. The molecular formula is C18H19N5O2S. The molecule has 1 aromatic carbocycles. The normalized spacial score (nSPS) is 14.1. The Morgan fingerprint density at radius 2 is 1.96 bits per heavy atom. The van der Waals surface area contributed by atoms with Crippen LogP contribution < -0.4 is 0 Å². The van der Waals surface area contributed by atoms with Crippen LogP contribution >= 0.6 is 11.8 Å². The van der Waals surface area contributed by atoms with Crippen molar-refractivity contribution in [2.45, 2.75) is 30.3 Å². The fourth-order valence-electron chi connectivity index (χ4n) is 2.94. The van der Waals surface area contributed by atoms with Crippen LogP contribution in [0.3, 0.4) is 0 Å². The van der Waals surface area contributed by atoms with E-state index in [4.69, 9.17) is 4.42 Å². The summed E-state index contributed by atoms with van der Waals surface area (Å²) in [6.45, 7) is 2.25. The van der Waals surface area contributed by atoms with Crippen molar-refractivity contribution in [2.75, 3.05) is 13.1 Å². The van der Waals surface area contributed by atoms with Crippen molar-refractivity contribution in [1.29, 1.82) is 0 Å². The summed E-state index contributed by atoms with van der Waals surface area (Å²) in [5.41, 5.74) is 1.88. The van der Waals surface area contributed by atoms with Gasteiger partial charge in [0.2, 0.25) is 5.16 Å². The summed E-state index contributed by atoms with van der Waals surface area (Å²) in [5, 5.41) is 12.6. The lowest BCUT2D eigenvalue weighted by molar-refractivity contribution is 0.0793. The molecule has 0 N–H and O–H groups in total. The Labute approximate surface area is 155 Å². The number of benzene rings is 1. The first-order valence-electron chi connectivity index (χ1n) is 8.59. The molecule has 0 unspecified atom stereocenters. The van der Waals surface area contributed by atoms with Crippen LogP contribution in [-0.4, -0.2) is 44.1 Å². The molecule has 1 saturated heterocycles. The average molecular weight is 369 g/mol. The summed E-state index contributed by atoms with van der Waals surface area (Å²) < 4.78 is 7.06. The van der Waals surface area contributed by atoms with Crippen molar-refractivity contribution in [2.24, 2.45) is 0 Å². The number of carbonyl (C=O) groups is 1. The molecular weight excluding hydrogens is 350 g/mol. The highest BCUT2D eigenvalue weighted by Crippen LogP contribution is 2.21. The number of likely N-dealkylation sites (tertiary alicyclic amines) is 1. The predicted molar refractivity (Wildman–Crippen MR) is 96.8 cm³/mol. The fraction of sp³-hybridized carbons (Fsp3) is 0.333. The number of hydrogen-bond acceptors (Lipinski definition) is 6. The molecule has 2 aromatic heterocycles. The van der Waals surface area contributed by atoms with E-state index >= 15 is 0 Å². The van der Waals surface area contributed by atoms with Gasteiger partial charge in [-0.25, -0.2) is 4.68 Å². The number of tetrazole rings is 1. The van der Waals surface area contributed by atoms with Crippen LogP contribution in [0.2, 0.25) is 0 Å². The van der Waals surface area contributed by atoms with E-state index in [0.717, 1.165) is 53.7 Å². The molecule has 0 bridgehead atoms. The van der Waals surface area contributed by atoms with Crippen molar-refractivity contribution in [3.05, 3.63) is 59.5 Å². The van der Waals surface area contributed by atoms with Gasteiger partial charge >= 0.3 is 0 Å². The summed E-state index contributed by atoms with van der Waals surface area (Å²) in [7, 11) is 0. The maximum atomic E-state index is 12.4. The molecule has 0 aliphatic carbocycles. The summed E-state index contributed by atoms with van der Waals surface area (Å²) in [6.07, 6.45) is 3.85. The molecule has 134 valence electrons. The van der Waals surface area contributed by atoms with Crippen molar-refractivity contribution in [3.63, 3.8) is 0 Å². The van der Waals surface area contributed by atoms with Gasteiger partial charge in [-0.05, 0) is 53.1 Å². The monoisotopic (exact) mass is 369 g/mol. The van der Waals surface area contributed by atoms with Crippen LogP contribution in [0.5, 0.6) is 0 Å². The maximum absolute atomic E-state index is 12.4. The van der Waals surface area contributed by atoms with Crippen molar-refractivity contribution in [3.8, 4) is 0 Å². The van der Waals surface area contributed by atoms with Crippen LogP contribution in [0.4, 0.5) is 0 Å². The van der Waals surface area contributed by atoms with E-state index in [0.29, 0.717) is 6.54 Å². The molecule has 26 heavy (non-hydrogen) atoms. The summed E-state index contributed by atoms with van der Waals surface area (Å²) in [4.78, 5) is 14.3. The predicted octanol–water partition coefficient (Wildman–Crippen LogP) is 2.84. The first-order chi connectivity index (χ1) is 12.8. The largest absolute Gasteiger partial charge is 0.467 e. The third kappa shape index (κ3) is 3.80. The first-order valence-corrected chi connectivity index (χ1v) is 9.58. The first kappa shape index (κ1) is 16.8. The van der Waals surface area contributed by atoms with E-state index in [1.54, 1.807) is 22.7 Å². The van der Waals surface area contributed by atoms with Gasteiger partial charge in [-0.2, -0.15) is 0 Å². The lowest BCUT2D eigenvalue weighted by atomic mass is 10.1.